The van der Waals surface area contributed by atoms with Crippen LogP contribution in [0.4, 0.5) is 0 Å². The second-order valence-corrected chi connectivity index (χ2v) is 3.64. The van der Waals surface area contributed by atoms with Gasteiger partial charge in [-0.25, -0.2) is 0 Å². The molecule has 0 aliphatic carbocycles. The quantitative estimate of drug-likeness (QED) is 0.282. The van der Waals surface area contributed by atoms with E-state index in [0.717, 1.165) is 0 Å². The van der Waals surface area contributed by atoms with Gasteiger partial charge in [0, 0.05) is 37.8 Å². The van der Waals surface area contributed by atoms with Gasteiger partial charge in [0.05, 0.1) is 0 Å². The van der Waals surface area contributed by atoms with E-state index in [1.807, 2.05) is 20.8 Å². The molecule has 10 heteroatoms. The van der Waals surface area contributed by atoms with Crippen LogP contribution in [0.5, 0.6) is 0 Å². The molecule has 0 aromatic heterocycles. The van der Waals surface area contributed by atoms with E-state index in [2.05, 4.69) is 0 Å². The predicted octanol–water partition coefficient (Wildman–Crippen LogP) is -11.1. The summed E-state index contributed by atoms with van der Waals surface area (Å²) in [6.45, 7) is 7.38. The van der Waals surface area contributed by atoms with Crippen molar-refractivity contribution in [2.45, 2.75) is 38.9 Å². The minimum atomic E-state index is 0. The molecule has 0 amide bonds. The van der Waals surface area contributed by atoms with Crippen molar-refractivity contribution in [1.29, 1.82) is 0 Å². The molecule has 0 aromatic rings. The molecule has 0 aliphatic rings. The molecule has 3 unspecified atom stereocenters. The fraction of sp³-hybridized carbons (Fsp3) is 1.00. The molecule has 0 bridgehead atoms. The first-order chi connectivity index (χ1) is 6.81. The predicted molar refractivity (Wildman–Crippen MR) is 68.1 cm³/mol. The first-order valence-corrected chi connectivity index (χ1v) is 5.18. The van der Waals surface area contributed by atoms with E-state index < -0.39 is 0 Å². The van der Waals surface area contributed by atoms with E-state index >= 15 is 0 Å². The van der Waals surface area contributed by atoms with Crippen LogP contribution < -0.4 is 71.6 Å². The Morgan fingerprint density at radius 2 is 0.632 bits per heavy atom. The topological polar surface area (TPSA) is 156 Å². The van der Waals surface area contributed by atoms with Crippen molar-refractivity contribution in [1.82, 2.24) is 0 Å². The average Bonchev–Trinajstić information content (AvgIpc) is 2.19. The Labute approximate surface area is 146 Å². The van der Waals surface area contributed by atoms with E-state index in [4.69, 9.17) is 34.4 Å². The maximum Gasteiger partial charge on any atom is 3.00 e. The Balaban J connectivity index is -0.0000000206. The number of rotatable bonds is 3. The maximum absolute atomic E-state index is 5.17. The molecule has 19 heavy (non-hydrogen) atoms. The summed E-state index contributed by atoms with van der Waals surface area (Å²) in [4.78, 5) is 0. The third-order valence-corrected chi connectivity index (χ3v) is 1.12. The Morgan fingerprint density at radius 3 is 0.632 bits per heavy atom. The van der Waals surface area contributed by atoms with Crippen molar-refractivity contribution < 1.29 is 54.0 Å². The molecule has 0 fully saturated rings. The Hall–Kier alpha value is 1.14. The molecular formula is C9H30Cl3CoN6. The van der Waals surface area contributed by atoms with Gasteiger partial charge in [0.25, 0.3) is 0 Å². The summed E-state index contributed by atoms with van der Waals surface area (Å²) in [5, 5.41) is 0. The molecule has 0 heterocycles. The van der Waals surface area contributed by atoms with Gasteiger partial charge in [0.1, 0.15) is 0 Å². The summed E-state index contributed by atoms with van der Waals surface area (Å²) < 4.78 is 0. The zero-order valence-corrected chi connectivity index (χ0v) is 15.1. The molecule has 0 spiro atoms. The first-order valence-electron chi connectivity index (χ1n) is 5.18. The number of hydrogen-bond donors (Lipinski definition) is 6. The van der Waals surface area contributed by atoms with E-state index in [1.165, 1.54) is 0 Å². The summed E-state index contributed by atoms with van der Waals surface area (Å²) in [7, 11) is 0. The average molecular weight is 388 g/mol. The molecule has 3 atom stereocenters. The van der Waals surface area contributed by atoms with Gasteiger partial charge in [-0.2, -0.15) is 0 Å². The van der Waals surface area contributed by atoms with Gasteiger partial charge in [-0.05, 0) is 20.8 Å². The molecule has 6 nitrogen and oxygen atoms in total. The van der Waals surface area contributed by atoms with Gasteiger partial charge in [-0.15, -0.1) is 0 Å². The van der Waals surface area contributed by atoms with E-state index in [-0.39, 0.29) is 72.1 Å². The third kappa shape index (κ3) is 110. The van der Waals surface area contributed by atoms with Gasteiger partial charge in [-0.1, -0.05) is 0 Å². The van der Waals surface area contributed by atoms with Crippen molar-refractivity contribution in [2.24, 2.45) is 34.4 Å². The van der Waals surface area contributed by atoms with Crippen LogP contribution in [0.25, 0.3) is 0 Å². The number of hydrogen-bond acceptors (Lipinski definition) is 6. The van der Waals surface area contributed by atoms with E-state index in [9.17, 15) is 0 Å². The minimum absolute atomic E-state index is 0. The van der Waals surface area contributed by atoms with Gasteiger partial charge in [-0.3, -0.25) is 0 Å². The van der Waals surface area contributed by atoms with Crippen LogP contribution in [0.2, 0.25) is 0 Å². The van der Waals surface area contributed by atoms with Gasteiger partial charge >= 0.3 is 16.8 Å². The van der Waals surface area contributed by atoms with Crippen LogP contribution in [0.3, 0.4) is 0 Å². The molecular weight excluding hydrogens is 357 g/mol. The first kappa shape index (κ1) is 42.7. The van der Waals surface area contributed by atoms with Crippen LogP contribution in [-0.2, 0) is 16.8 Å². The van der Waals surface area contributed by atoms with Gasteiger partial charge in [0.15, 0.2) is 0 Å². The molecule has 0 rings (SSSR count). The summed E-state index contributed by atoms with van der Waals surface area (Å²) in [6.07, 6.45) is 0. The zero-order valence-electron chi connectivity index (χ0n) is 11.8. The standard InChI is InChI=1S/3C3H10N2.3ClH.Co/c3*1-3(5)2-4;;;;/h3*3H,2,4-5H2,1H3;3*1H;/q;;;;;;+3/p-3. The fourth-order valence-corrected chi connectivity index (χ4v) is 0. The Morgan fingerprint density at radius 1 is 0.579 bits per heavy atom. The van der Waals surface area contributed by atoms with Crippen molar-refractivity contribution in [3.8, 4) is 0 Å². The van der Waals surface area contributed by atoms with Gasteiger partial charge in [0.2, 0.25) is 0 Å². The zero-order chi connectivity index (χ0) is 12.9. The van der Waals surface area contributed by atoms with Crippen molar-refractivity contribution >= 4 is 0 Å². The fourth-order valence-electron chi connectivity index (χ4n) is 0. The largest absolute Gasteiger partial charge is 3.00 e. The molecule has 12 N–H and O–H groups in total. The van der Waals surface area contributed by atoms with Crippen LogP contribution in [0.1, 0.15) is 20.8 Å². The molecule has 0 saturated heterocycles. The second kappa shape index (κ2) is 36.5. The summed E-state index contributed by atoms with van der Waals surface area (Å²) >= 11 is 0. The third-order valence-electron chi connectivity index (χ3n) is 1.12. The molecule has 0 aromatic carbocycles. The number of halogens is 3. The van der Waals surface area contributed by atoms with Gasteiger partial charge < -0.3 is 71.6 Å². The monoisotopic (exact) mass is 386 g/mol. The molecule has 0 aliphatic heterocycles. The summed E-state index contributed by atoms with van der Waals surface area (Å²) in [6, 6.07) is 0.486. The minimum Gasteiger partial charge on any atom is -1.00 e. The molecule has 0 saturated carbocycles. The summed E-state index contributed by atoms with van der Waals surface area (Å²) in [5.74, 6) is 0. The smallest absolute Gasteiger partial charge is 1.00 e. The second-order valence-electron chi connectivity index (χ2n) is 3.64. The van der Waals surface area contributed by atoms with E-state index in [0.29, 0.717) is 19.6 Å². The van der Waals surface area contributed by atoms with Crippen molar-refractivity contribution in [3.05, 3.63) is 0 Å². The normalized spacial score (nSPS) is 11.8. The van der Waals surface area contributed by atoms with Crippen molar-refractivity contribution in [2.75, 3.05) is 19.6 Å². The Bertz CT molecular complexity index is 92.9. The number of nitrogens with two attached hydrogens (primary N) is 6. The van der Waals surface area contributed by atoms with E-state index in [1.54, 1.807) is 0 Å². The van der Waals surface area contributed by atoms with Crippen LogP contribution in [-0.4, -0.2) is 37.8 Å². The van der Waals surface area contributed by atoms with Crippen LogP contribution in [0, 0.1) is 0 Å². The molecule has 126 valence electrons. The van der Waals surface area contributed by atoms with Crippen LogP contribution >= 0.6 is 0 Å². The van der Waals surface area contributed by atoms with Crippen molar-refractivity contribution in [3.63, 3.8) is 0 Å². The van der Waals surface area contributed by atoms with Crippen LogP contribution in [0.15, 0.2) is 0 Å². The molecule has 0 radical (unpaired) electrons. The maximum atomic E-state index is 5.17. The SMILES string of the molecule is CC(N)CN.CC(N)CN.CC(N)CN.[Cl-].[Cl-].[Cl-].[Co+3]. The Kier molecular flexibility index (Phi) is 82.0. The summed E-state index contributed by atoms with van der Waals surface area (Å²) in [5.41, 5.74) is 30.6.